The Morgan fingerprint density at radius 2 is 1.17 bits per heavy atom. The topological polar surface area (TPSA) is 236 Å². The molecular formula is C59H95ClN6O17S. The molecule has 0 saturated carbocycles. The van der Waals surface area contributed by atoms with Crippen LogP contribution < -0.4 is 20.9 Å². The number of amides is 3. The number of unbranched alkanes of at least 4 members (excludes halogenated alkanes) is 1. The van der Waals surface area contributed by atoms with E-state index in [1.54, 1.807) is 0 Å². The average molecular weight is 1230 g/mol. The molecule has 4 aliphatic rings. The van der Waals surface area contributed by atoms with Crippen molar-refractivity contribution in [3.63, 3.8) is 0 Å². The van der Waals surface area contributed by atoms with Gasteiger partial charge in [0, 0.05) is 66.9 Å². The fraction of sp³-hybridized carbons (Fsp3) is 0.763. The van der Waals surface area contributed by atoms with E-state index < -0.39 is 0 Å². The second-order valence-electron chi connectivity index (χ2n) is 20.5. The third kappa shape index (κ3) is 30.4. The molecule has 1 unspecified atom stereocenters. The van der Waals surface area contributed by atoms with Crippen LogP contribution in [0.4, 0.5) is 10.6 Å². The van der Waals surface area contributed by atoms with Crippen LogP contribution in [0.1, 0.15) is 50.5 Å². The zero-order chi connectivity index (χ0) is 58.8. The summed E-state index contributed by atoms with van der Waals surface area (Å²) in [5, 5.41) is 10.0. The number of halogens is 1. The second-order valence-corrected chi connectivity index (χ2v) is 22.3. The van der Waals surface area contributed by atoms with Crippen molar-refractivity contribution < 1.29 is 80.7 Å². The van der Waals surface area contributed by atoms with E-state index in [2.05, 4.69) is 48.9 Å². The SMILES string of the molecule is O=C(CCCC[C@@H]1SCC2NC(=O)N[C@@H]21)NCCOCCOCCOCCOCCOCCOCCOCCOCCOCCOCCOCCOCCC(=O)OC[C@H]1CN(C2CCN(c3ccccn3)CC2)[C@@H](Cc2ccc(Cl)cc2)CO1. The molecule has 4 saturated heterocycles. The minimum Gasteiger partial charge on any atom is -0.463 e. The van der Waals surface area contributed by atoms with Gasteiger partial charge in [0.1, 0.15) is 18.5 Å². The normalized spacial score (nSPS) is 20.0. The molecule has 5 atom stereocenters. The number of ether oxygens (including phenoxy) is 14. The van der Waals surface area contributed by atoms with Crippen LogP contribution in [0.5, 0.6) is 0 Å². The number of fused-ring (bicyclic) bond motifs is 1. The lowest BCUT2D eigenvalue weighted by Gasteiger charge is -2.46. The van der Waals surface area contributed by atoms with E-state index in [0.717, 1.165) is 68.2 Å². The number of hydrogen-bond acceptors (Lipinski definition) is 21. The molecule has 6 rings (SSSR count). The number of rotatable bonds is 50. The van der Waals surface area contributed by atoms with Gasteiger partial charge in [0.25, 0.3) is 0 Å². The van der Waals surface area contributed by atoms with Gasteiger partial charge in [-0.3, -0.25) is 14.5 Å². The van der Waals surface area contributed by atoms with Crippen LogP contribution in [0.3, 0.4) is 0 Å². The number of nitrogens with zero attached hydrogens (tertiary/aromatic N) is 3. The molecule has 4 aliphatic heterocycles. The first-order valence-corrected chi connectivity index (χ1v) is 31.7. The van der Waals surface area contributed by atoms with E-state index in [-0.39, 0.29) is 61.8 Å². The van der Waals surface area contributed by atoms with Gasteiger partial charge >= 0.3 is 12.0 Å². The highest BCUT2D eigenvalue weighted by Gasteiger charge is 2.42. The second kappa shape index (κ2) is 44.8. The number of carbonyl (C=O) groups excluding carboxylic acids is 3. The van der Waals surface area contributed by atoms with Gasteiger partial charge in [-0.2, -0.15) is 11.8 Å². The van der Waals surface area contributed by atoms with E-state index in [1.165, 1.54) is 5.56 Å². The summed E-state index contributed by atoms with van der Waals surface area (Å²) in [5.74, 6) is 1.70. The molecular weight excluding hydrogens is 1130 g/mol. The smallest absolute Gasteiger partial charge is 0.315 e. The Morgan fingerprint density at radius 3 is 1.69 bits per heavy atom. The van der Waals surface area contributed by atoms with Crippen LogP contribution >= 0.6 is 23.4 Å². The Morgan fingerprint density at radius 1 is 0.643 bits per heavy atom. The van der Waals surface area contributed by atoms with Crippen molar-refractivity contribution in [3.05, 3.63) is 59.2 Å². The minimum absolute atomic E-state index is 0.0373. The number of urea groups is 1. The molecule has 0 aliphatic carbocycles. The molecule has 25 heteroatoms. The molecule has 2 aromatic rings. The quantitative estimate of drug-likeness (QED) is 0.0483. The Bertz CT molecular complexity index is 2010. The Balaban J connectivity index is 0.594. The lowest BCUT2D eigenvalue weighted by Crippen LogP contribution is -2.58. The first-order valence-electron chi connectivity index (χ1n) is 30.2. The van der Waals surface area contributed by atoms with Gasteiger partial charge in [0.15, 0.2) is 0 Å². The maximum Gasteiger partial charge on any atom is 0.315 e. The molecule has 0 bridgehead atoms. The highest BCUT2D eigenvalue weighted by Crippen LogP contribution is 2.33. The van der Waals surface area contributed by atoms with Crippen LogP contribution in [0, 0.1) is 0 Å². The molecule has 5 heterocycles. The first-order chi connectivity index (χ1) is 41.4. The summed E-state index contributed by atoms with van der Waals surface area (Å²) in [6, 6.07) is 15.1. The monoisotopic (exact) mass is 1230 g/mol. The molecule has 1 aromatic heterocycles. The molecule has 0 radical (unpaired) electrons. The summed E-state index contributed by atoms with van der Waals surface area (Å²) in [6.07, 6.45) is 8.02. The van der Waals surface area contributed by atoms with Crippen molar-refractivity contribution in [1.82, 2.24) is 25.8 Å². The van der Waals surface area contributed by atoms with Crippen LogP contribution in [0.25, 0.3) is 0 Å². The predicted molar refractivity (Wildman–Crippen MR) is 317 cm³/mol. The van der Waals surface area contributed by atoms with E-state index >= 15 is 0 Å². The highest BCUT2D eigenvalue weighted by molar-refractivity contribution is 8.00. The number of pyridine rings is 1. The number of esters is 1. The maximum absolute atomic E-state index is 12.6. The number of carbonyl (C=O) groups is 3. The first kappa shape index (κ1) is 69.6. The number of hydrogen-bond donors (Lipinski definition) is 3. The van der Waals surface area contributed by atoms with Gasteiger partial charge in [0.05, 0.1) is 184 Å². The van der Waals surface area contributed by atoms with E-state index in [9.17, 15) is 14.4 Å². The van der Waals surface area contributed by atoms with Gasteiger partial charge in [0.2, 0.25) is 5.91 Å². The van der Waals surface area contributed by atoms with Crippen LogP contribution in [0.15, 0.2) is 48.7 Å². The van der Waals surface area contributed by atoms with Crippen molar-refractivity contribution >= 4 is 47.1 Å². The molecule has 23 nitrogen and oxygen atoms in total. The van der Waals surface area contributed by atoms with Crippen molar-refractivity contribution in [3.8, 4) is 0 Å². The zero-order valence-electron chi connectivity index (χ0n) is 49.2. The summed E-state index contributed by atoms with van der Waals surface area (Å²) < 4.78 is 78.5. The summed E-state index contributed by atoms with van der Waals surface area (Å²) in [5.41, 5.74) is 1.22. The van der Waals surface area contributed by atoms with Crippen molar-refractivity contribution in [1.29, 1.82) is 0 Å². The number of morpholine rings is 1. The van der Waals surface area contributed by atoms with Gasteiger partial charge < -0.3 is 87.2 Å². The van der Waals surface area contributed by atoms with E-state index in [0.29, 0.717) is 189 Å². The standard InChI is InChI=1S/C59H95ClN6O17S/c60-49-10-8-48(9-11-49)43-51-45-82-52(44-66(51)50-12-17-65(18-13-50)55-6-3-4-15-61-55)46-83-57(68)14-19-70-21-23-72-25-27-74-29-31-76-33-35-78-37-39-80-41-42-81-40-38-79-36-34-77-32-30-75-28-26-73-24-22-71-20-16-62-56(67)7-2-1-5-54-58-53(47-84-54)63-59(69)64-58/h3-4,6,8-11,15,50-54,58H,1-2,5,7,12-14,16-47H2,(H,62,67)(H2,63,64,69)/t51-,52+,53?,54-,58-/m0/s1. The zero-order valence-corrected chi connectivity index (χ0v) is 50.8. The van der Waals surface area contributed by atoms with Crippen molar-refractivity contribution in [2.24, 2.45) is 0 Å². The number of benzene rings is 1. The number of aromatic nitrogens is 1. The van der Waals surface area contributed by atoms with E-state index in [4.69, 9.17) is 77.9 Å². The van der Waals surface area contributed by atoms with Gasteiger partial charge in [-0.1, -0.05) is 36.2 Å². The predicted octanol–water partition coefficient (Wildman–Crippen LogP) is 3.99. The highest BCUT2D eigenvalue weighted by atomic mass is 35.5. The number of anilines is 1. The summed E-state index contributed by atoms with van der Waals surface area (Å²) in [6.45, 7) is 14.6. The van der Waals surface area contributed by atoms with Gasteiger partial charge in [-0.25, -0.2) is 9.78 Å². The molecule has 84 heavy (non-hydrogen) atoms. The molecule has 476 valence electrons. The lowest BCUT2D eigenvalue weighted by atomic mass is 9.96. The fourth-order valence-corrected chi connectivity index (χ4v) is 11.6. The largest absolute Gasteiger partial charge is 0.463 e. The van der Waals surface area contributed by atoms with Crippen LogP contribution in [-0.2, 0) is 82.3 Å². The third-order valence-electron chi connectivity index (χ3n) is 14.3. The maximum atomic E-state index is 12.6. The van der Waals surface area contributed by atoms with Crippen molar-refractivity contribution in [2.75, 3.05) is 209 Å². The number of nitrogens with one attached hydrogen (secondary N) is 3. The fourth-order valence-electron chi connectivity index (χ4n) is 9.92. The van der Waals surface area contributed by atoms with Crippen LogP contribution in [-0.4, -0.2) is 267 Å². The van der Waals surface area contributed by atoms with E-state index in [1.807, 2.05) is 42.2 Å². The summed E-state index contributed by atoms with van der Waals surface area (Å²) >= 11 is 8.07. The van der Waals surface area contributed by atoms with Gasteiger partial charge in [-0.15, -0.1) is 0 Å². The summed E-state index contributed by atoms with van der Waals surface area (Å²) in [4.78, 5) is 45.7. The lowest BCUT2D eigenvalue weighted by molar-refractivity contribution is -0.155. The molecule has 4 fully saturated rings. The molecule has 0 spiro atoms. The third-order valence-corrected chi connectivity index (χ3v) is 16.1. The summed E-state index contributed by atoms with van der Waals surface area (Å²) in [7, 11) is 0. The Kier molecular flexibility index (Phi) is 37.1. The Labute approximate surface area is 506 Å². The molecule has 1 aromatic carbocycles. The van der Waals surface area contributed by atoms with Gasteiger partial charge in [-0.05, 0) is 61.9 Å². The number of thioether (sulfide) groups is 1. The van der Waals surface area contributed by atoms with Crippen molar-refractivity contribution in [2.45, 2.75) is 86.9 Å². The average Bonchev–Trinajstić information content (AvgIpc) is 4.19. The minimum atomic E-state index is -0.307. The molecule has 3 N–H and O–H groups in total. The number of piperidine rings is 1. The van der Waals surface area contributed by atoms with Crippen LogP contribution in [0.2, 0.25) is 5.02 Å². The molecule has 3 amide bonds. The Hall–Kier alpha value is -3.54.